The Morgan fingerprint density at radius 2 is 1.24 bits per heavy atom. The van der Waals surface area contributed by atoms with Crippen molar-refractivity contribution in [2.45, 2.75) is 19.3 Å². The molecule has 0 spiro atoms. The zero-order valence-corrected chi connectivity index (χ0v) is 24.9. The molecule has 45 heavy (non-hydrogen) atoms. The van der Waals surface area contributed by atoms with Gasteiger partial charge >= 0.3 is 0 Å². The molecule has 6 aromatic carbocycles. The van der Waals surface area contributed by atoms with Gasteiger partial charge in [0.25, 0.3) is 0 Å². The van der Waals surface area contributed by atoms with Gasteiger partial charge in [0.1, 0.15) is 11.3 Å². The largest absolute Gasteiger partial charge is 0.457 e. The number of para-hydroxylation sites is 2. The summed E-state index contributed by atoms with van der Waals surface area (Å²) >= 11 is 0. The van der Waals surface area contributed by atoms with E-state index in [9.17, 15) is 0 Å². The number of benzene rings is 6. The maximum atomic E-state index is 7.15. The molecule has 0 amide bonds. The average Bonchev–Trinajstić information content (AvgIpc) is 3.72. The highest BCUT2D eigenvalue weighted by Crippen LogP contribution is 2.56. The summed E-state index contributed by atoms with van der Waals surface area (Å²) < 4.78 is 9.38. The molecule has 0 aliphatic heterocycles. The molecule has 0 bridgehead atoms. The van der Waals surface area contributed by atoms with Crippen molar-refractivity contribution in [2.24, 2.45) is 0 Å². The monoisotopic (exact) mass is 577 g/mol. The van der Waals surface area contributed by atoms with Crippen LogP contribution in [0.2, 0.25) is 0 Å². The number of aromatic nitrogens is 3. The number of furan rings is 1. The van der Waals surface area contributed by atoms with E-state index >= 15 is 0 Å². The predicted octanol–water partition coefficient (Wildman–Crippen LogP) is 10.6. The van der Waals surface area contributed by atoms with Crippen molar-refractivity contribution in [2.75, 3.05) is 0 Å². The Labute approximate surface area is 259 Å². The van der Waals surface area contributed by atoms with E-state index in [0.29, 0.717) is 5.95 Å². The lowest BCUT2D eigenvalue weighted by Gasteiger charge is -2.18. The van der Waals surface area contributed by atoms with Crippen molar-refractivity contribution in [3.63, 3.8) is 0 Å². The van der Waals surface area contributed by atoms with Crippen LogP contribution < -0.4 is 0 Å². The van der Waals surface area contributed by atoms with Crippen LogP contribution in [-0.2, 0) is 5.41 Å². The fraction of sp³-hybridized carbons (Fsp3) is 0.0732. The van der Waals surface area contributed by atoms with E-state index in [0.717, 1.165) is 60.7 Å². The third-order valence-electron chi connectivity index (χ3n) is 9.74. The SMILES string of the molecule is CC1(C)c2ccccc2-c2c1oc1c2c2ccccc2c2c3ccccc3n(-c3nc(-c4ccccc4)c4ccccc4n3)c12. The van der Waals surface area contributed by atoms with E-state index in [1.54, 1.807) is 0 Å². The molecule has 1 aliphatic rings. The van der Waals surface area contributed by atoms with Crippen molar-refractivity contribution in [1.29, 1.82) is 0 Å². The smallest absolute Gasteiger partial charge is 0.235 e. The molecule has 0 radical (unpaired) electrons. The quantitative estimate of drug-likeness (QED) is 0.205. The maximum Gasteiger partial charge on any atom is 0.235 e. The standard InChI is InChI=1S/C41H27N3O/c1-41(2)30-21-11-8-18-27(30)35-34-26-17-7-6-16-25(26)33-29-20-10-13-23-32(29)44(37(33)38(34)45-39(35)41)40-42-31-22-12-9-19-28(31)36(43-40)24-14-4-3-5-15-24/h3-23H,1-2H3. The molecule has 0 fully saturated rings. The predicted molar refractivity (Wildman–Crippen MR) is 184 cm³/mol. The minimum absolute atomic E-state index is 0.269. The first-order valence-corrected chi connectivity index (χ1v) is 15.4. The lowest BCUT2D eigenvalue weighted by atomic mass is 9.86. The van der Waals surface area contributed by atoms with E-state index in [1.807, 2.05) is 12.1 Å². The van der Waals surface area contributed by atoms with Gasteiger partial charge in [-0.05, 0) is 47.9 Å². The van der Waals surface area contributed by atoms with Crippen molar-refractivity contribution in [3.05, 3.63) is 139 Å². The van der Waals surface area contributed by atoms with Gasteiger partial charge in [0.05, 0.1) is 16.7 Å². The molecular weight excluding hydrogens is 550 g/mol. The normalized spacial score (nSPS) is 13.7. The summed E-state index contributed by atoms with van der Waals surface area (Å²) in [5.74, 6) is 1.64. The topological polar surface area (TPSA) is 43.9 Å². The van der Waals surface area contributed by atoms with Crippen LogP contribution in [0.25, 0.3) is 82.8 Å². The van der Waals surface area contributed by atoms with Crippen LogP contribution >= 0.6 is 0 Å². The highest BCUT2D eigenvalue weighted by molar-refractivity contribution is 6.33. The van der Waals surface area contributed by atoms with E-state index in [4.69, 9.17) is 14.4 Å². The summed E-state index contributed by atoms with van der Waals surface area (Å²) in [5.41, 5.74) is 9.29. The highest BCUT2D eigenvalue weighted by atomic mass is 16.3. The third-order valence-corrected chi connectivity index (χ3v) is 9.74. The van der Waals surface area contributed by atoms with Crippen LogP contribution in [0.5, 0.6) is 0 Å². The summed E-state index contributed by atoms with van der Waals surface area (Å²) in [4.78, 5) is 10.6. The number of hydrogen-bond donors (Lipinski definition) is 0. The Bertz CT molecular complexity index is 2680. The molecule has 212 valence electrons. The number of hydrogen-bond acceptors (Lipinski definition) is 3. The lowest BCUT2D eigenvalue weighted by molar-refractivity contribution is 0.466. The molecule has 3 heterocycles. The van der Waals surface area contributed by atoms with Gasteiger partial charge in [0.15, 0.2) is 5.58 Å². The Morgan fingerprint density at radius 3 is 2.07 bits per heavy atom. The summed E-state index contributed by atoms with van der Waals surface area (Å²) in [7, 11) is 0. The summed E-state index contributed by atoms with van der Waals surface area (Å²) in [6.45, 7) is 4.54. The van der Waals surface area contributed by atoms with E-state index in [-0.39, 0.29) is 5.41 Å². The minimum atomic E-state index is -0.269. The zero-order valence-electron chi connectivity index (χ0n) is 24.9. The number of nitrogens with zero attached hydrogens (tertiary/aromatic N) is 3. The fourth-order valence-electron chi connectivity index (χ4n) is 7.76. The fourth-order valence-corrected chi connectivity index (χ4v) is 7.76. The van der Waals surface area contributed by atoms with Crippen LogP contribution in [0.15, 0.2) is 132 Å². The Kier molecular flexibility index (Phi) is 4.76. The highest BCUT2D eigenvalue weighted by Gasteiger charge is 2.41. The van der Waals surface area contributed by atoms with Crippen molar-refractivity contribution >= 4 is 54.5 Å². The molecule has 4 heteroatoms. The number of rotatable bonds is 2. The van der Waals surface area contributed by atoms with E-state index in [1.165, 1.54) is 27.5 Å². The first kappa shape index (κ1) is 24.7. The molecule has 3 aromatic heterocycles. The molecule has 4 nitrogen and oxygen atoms in total. The van der Waals surface area contributed by atoms with Gasteiger partial charge in [-0.3, -0.25) is 4.57 Å². The van der Waals surface area contributed by atoms with Gasteiger partial charge in [0.2, 0.25) is 5.95 Å². The first-order valence-electron chi connectivity index (χ1n) is 15.4. The Hall–Kier alpha value is -5.74. The second-order valence-electron chi connectivity index (χ2n) is 12.6. The average molecular weight is 578 g/mol. The molecule has 1 aliphatic carbocycles. The van der Waals surface area contributed by atoms with E-state index in [2.05, 4.69) is 134 Å². The van der Waals surface area contributed by atoms with Gasteiger partial charge in [-0.1, -0.05) is 115 Å². The summed E-state index contributed by atoms with van der Waals surface area (Å²) in [6, 6.07) is 44.8. The van der Waals surface area contributed by atoms with Crippen LogP contribution in [0.3, 0.4) is 0 Å². The Balaban J connectivity index is 1.44. The van der Waals surface area contributed by atoms with Gasteiger partial charge < -0.3 is 4.42 Å². The molecule has 0 N–H and O–H groups in total. The second kappa shape index (κ2) is 8.67. The van der Waals surface area contributed by atoms with Crippen molar-refractivity contribution < 1.29 is 4.42 Å². The van der Waals surface area contributed by atoms with E-state index < -0.39 is 0 Å². The first-order chi connectivity index (χ1) is 22.1. The lowest BCUT2D eigenvalue weighted by Crippen LogP contribution is -2.14. The molecule has 0 saturated carbocycles. The second-order valence-corrected chi connectivity index (χ2v) is 12.6. The molecule has 9 aromatic rings. The van der Waals surface area contributed by atoms with Gasteiger partial charge in [-0.15, -0.1) is 0 Å². The van der Waals surface area contributed by atoms with Crippen LogP contribution in [0.4, 0.5) is 0 Å². The van der Waals surface area contributed by atoms with Gasteiger partial charge in [0, 0.05) is 38.1 Å². The molecular formula is C41H27N3O. The molecule has 0 saturated heterocycles. The molecule has 0 unspecified atom stereocenters. The zero-order chi connectivity index (χ0) is 29.9. The third kappa shape index (κ3) is 3.16. The van der Waals surface area contributed by atoms with Crippen LogP contribution in [0, 0.1) is 0 Å². The van der Waals surface area contributed by atoms with Crippen molar-refractivity contribution in [1.82, 2.24) is 14.5 Å². The summed E-state index contributed by atoms with van der Waals surface area (Å²) in [6.07, 6.45) is 0. The summed E-state index contributed by atoms with van der Waals surface area (Å²) in [5, 5.41) is 6.89. The van der Waals surface area contributed by atoms with Crippen LogP contribution in [-0.4, -0.2) is 14.5 Å². The van der Waals surface area contributed by atoms with Crippen LogP contribution in [0.1, 0.15) is 25.2 Å². The number of fused-ring (bicyclic) bond motifs is 13. The molecule has 10 rings (SSSR count). The minimum Gasteiger partial charge on any atom is -0.457 e. The maximum absolute atomic E-state index is 7.15. The van der Waals surface area contributed by atoms with Gasteiger partial charge in [-0.25, -0.2) is 9.97 Å². The molecule has 0 atom stereocenters. The Morgan fingerprint density at radius 1 is 0.600 bits per heavy atom. The van der Waals surface area contributed by atoms with Crippen molar-refractivity contribution in [3.8, 4) is 28.3 Å². The van der Waals surface area contributed by atoms with Gasteiger partial charge in [-0.2, -0.15) is 0 Å².